The number of furan rings is 1. The van der Waals surface area contributed by atoms with E-state index in [2.05, 4.69) is 40.3 Å². The van der Waals surface area contributed by atoms with E-state index < -0.39 is 0 Å². The molecule has 0 fully saturated rings. The van der Waals surface area contributed by atoms with Crippen LogP contribution in [0.5, 0.6) is 0 Å². The van der Waals surface area contributed by atoms with Crippen molar-refractivity contribution in [3.05, 3.63) is 34.2 Å². The molecule has 0 aromatic carbocycles. The van der Waals surface area contributed by atoms with Crippen LogP contribution in [0.1, 0.15) is 63.7 Å². The molecular formula is C16H24BrNO. The van der Waals surface area contributed by atoms with Crippen molar-refractivity contribution in [2.75, 3.05) is 6.54 Å². The first-order chi connectivity index (χ1) is 9.31. The van der Waals surface area contributed by atoms with Crippen molar-refractivity contribution in [3.63, 3.8) is 0 Å². The minimum absolute atomic E-state index is 0.254. The molecule has 0 saturated carbocycles. The van der Waals surface area contributed by atoms with Gasteiger partial charge in [-0.05, 0) is 72.3 Å². The molecule has 0 radical (unpaired) electrons. The van der Waals surface area contributed by atoms with Crippen LogP contribution in [0.25, 0.3) is 0 Å². The minimum atomic E-state index is 0.254. The maximum absolute atomic E-state index is 5.78. The Bertz CT molecular complexity index is 411. The predicted octanol–water partition coefficient (Wildman–Crippen LogP) is 5.36. The minimum Gasteiger partial charge on any atom is -0.452 e. The van der Waals surface area contributed by atoms with Crippen molar-refractivity contribution in [1.29, 1.82) is 0 Å². The van der Waals surface area contributed by atoms with Crippen LogP contribution in [0.2, 0.25) is 0 Å². The Morgan fingerprint density at radius 1 is 1.26 bits per heavy atom. The third kappa shape index (κ3) is 4.50. The van der Waals surface area contributed by atoms with Crippen LogP contribution in [-0.2, 0) is 0 Å². The first-order valence-electron chi connectivity index (χ1n) is 7.49. The average molecular weight is 326 g/mol. The van der Waals surface area contributed by atoms with E-state index in [1.807, 2.05) is 6.07 Å². The molecule has 0 aliphatic heterocycles. The summed E-state index contributed by atoms with van der Waals surface area (Å²) in [6.07, 6.45) is 11.3. The second kappa shape index (κ2) is 7.91. The van der Waals surface area contributed by atoms with Crippen molar-refractivity contribution < 1.29 is 4.42 Å². The number of hydrogen-bond acceptors (Lipinski definition) is 2. The molecule has 1 aliphatic carbocycles. The van der Waals surface area contributed by atoms with Gasteiger partial charge in [0, 0.05) is 0 Å². The molecule has 19 heavy (non-hydrogen) atoms. The fraction of sp³-hybridized carbons (Fsp3) is 0.625. The summed E-state index contributed by atoms with van der Waals surface area (Å²) in [6.45, 7) is 3.23. The lowest BCUT2D eigenvalue weighted by atomic mass is 9.93. The van der Waals surface area contributed by atoms with E-state index in [0.717, 1.165) is 23.4 Å². The van der Waals surface area contributed by atoms with Gasteiger partial charge in [-0.3, -0.25) is 0 Å². The number of hydrogen-bond donors (Lipinski definition) is 1. The number of nitrogens with one attached hydrogen (secondary N) is 1. The highest BCUT2D eigenvalue weighted by Gasteiger charge is 2.19. The van der Waals surface area contributed by atoms with Crippen LogP contribution >= 0.6 is 15.9 Å². The molecule has 1 aromatic heterocycles. The van der Waals surface area contributed by atoms with Gasteiger partial charge in [0.25, 0.3) is 0 Å². The summed E-state index contributed by atoms with van der Waals surface area (Å²) in [6, 6.07) is 4.32. The van der Waals surface area contributed by atoms with Crippen LogP contribution in [-0.4, -0.2) is 6.54 Å². The van der Waals surface area contributed by atoms with Crippen LogP contribution in [0.4, 0.5) is 0 Å². The van der Waals surface area contributed by atoms with E-state index in [9.17, 15) is 0 Å². The van der Waals surface area contributed by atoms with Crippen LogP contribution < -0.4 is 5.32 Å². The van der Waals surface area contributed by atoms with Gasteiger partial charge >= 0.3 is 0 Å². The number of halogens is 1. The fourth-order valence-electron chi connectivity index (χ4n) is 2.67. The molecule has 1 unspecified atom stereocenters. The monoisotopic (exact) mass is 325 g/mol. The maximum Gasteiger partial charge on any atom is 0.169 e. The molecule has 3 heteroatoms. The Labute approximate surface area is 124 Å². The first-order valence-corrected chi connectivity index (χ1v) is 8.28. The molecule has 1 heterocycles. The van der Waals surface area contributed by atoms with E-state index in [4.69, 9.17) is 4.42 Å². The summed E-state index contributed by atoms with van der Waals surface area (Å²) in [5, 5.41) is 3.63. The topological polar surface area (TPSA) is 25.2 Å². The van der Waals surface area contributed by atoms with Gasteiger partial charge in [0.1, 0.15) is 5.76 Å². The Morgan fingerprint density at radius 2 is 2.11 bits per heavy atom. The molecule has 0 spiro atoms. The van der Waals surface area contributed by atoms with Crippen molar-refractivity contribution in [2.24, 2.45) is 0 Å². The summed E-state index contributed by atoms with van der Waals surface area (Å²) in [5.41, 5.74) is 1.51. The van der Waals surface area contributed by atoms with E-state index in [0.29, 0.717) is 0 Å². The SMILES string of the molecule is CCCNC(/C1=C/CCCCCC1)c1ccc(Br)o1. The highest BCUT2D eigenvalue weighted by molar-refractivity contribution is 9.10. The van der Waals surface area contributed by atoms with Gasteiger partial charge in [0.05, 0.1) is 6.04 Å². The van der Waals surface area contributed by atoms with Gasteiger partial charge in [-0.15, -0.1) is 0 Å². The van der Waals surface area contributed by atoms with E-state index in [1.54, 1.807) is 0 Å². The lowest BCUT2D eigenvalue weighted by molar-refractivity contribution is 0.419. The second-order valence-electron chi connectivity index (χ2n) is 5.26. The smallest absolute Gasteiger partial charge is 0.169 e. The van der Waals surface area contributed by atoms with Crippen LogP contribution in [0.3, 0.4) is 0 Å². The van der Waals surface area contributed by atoms with Gasteiger partial charge in [-0.25, -0.2) is 0 Å². The molecular weight excluding hydrogens is 302 g/mol. The highest BCUT2D eigenvalue weighted by atomic mass is 79.9. The zero-order valence-corrected chi connectivity index (χ0v) is 13.3. The molecule has 2 nitrogen and oxygen atoms in total. The molecule has 1 atom stereocenters. The fourth-order valence-corrected chi connectivity index (χ4v) is 2.98. The standard InChI is InChI=1S/C16H24BrNO/c1-2-12-18-16(14-10-11-15(17)19-14)13-8-6-4-3-5-7-9-13/h8,10-11,16,18H,2-7,9,12H2,1H3/b13-8+. The summed E-state index contributed by atoms with van der Waals surface area (Å²) in [7, 11) is 0. The summed E-state index contributed by atoms with van der Waals surface area (Å²) in [5.74, 6) is 1.03. The Morgan fingerprint density at radius 3 is 2.84 bits per heavy atom. The quantitative estimate of drug-likeness (QED) is 0.737. The second-order valence-corrected chi connectivity index (χ2v) is 6.04. The zero-order chi connectivity index (χ0) is 13.5. The third-order valence-electron chi connectivity index (χ3n) is 3.67. The molecule has 106 valence electrons. The molecule has 2 rings (SSSR count). The molecule has 0 amide bonds. The lowest BCUT2D eigenvalue weighted by Gasteiger charge is -2.21. The Hall–Kier alpha value is -0.540. The van der Waals surface area contributed by atoms with Crippen molar-refractivity contribution in [2.45, 2.75) is 57.9 Å². The number of rotatable bonds is 5. The van der Waals surface area contributed by atoms with E-state index in [-0.39, 0.29) is 6.04 Å². The van der Waals surface area contributed by atoms with E-state index >= 15 is 0 Å². The van der Waals surface area contributed by atoms with Crippen molar-refractivity contribution >= 4 is 15.9 Å². The third-order valence-corrected chi connectivity index (χ3v) is 4.10. The normalized spacial score (nSPS) is 21.3. The van der Waals surface area contributed by atoms with Gasteiger partial charge in [0.2, 0.25) is 0 Å². The van der Waals surface area contributed by atoms with Crippen molar-refractivity contribution in [3.8, 4) is 0 Å². The van der Waals surface area contributed by atoms with Crippen LogP contribution in [0, 0.1) is 0 Å². The molecule has 1 aromatic rings. The van der Waals surface area contributed by atoms with Crippen LogP contribution in [0.15, 0.2) is 32.9 Å². The van der Waals surface area contributed by atoms with Gasteiger partial charge in [-0.2, -0.15) is 0 Å². The largest absolute Gasteiger partial charge is 0.452 e. The zero-order valence-electron chi connectivity index (χ0n) is 11.8. The molecule has 1 N–H and O–H groups in total. The molecule has 0 saturated heterocycles. The van der Waals surface area contributed by atoms with Gasteiger partial charge in [0.15, 0.2) is 4.67 Å². The average Bonchev–Trinajstić information content (AvgIpc) is 2.78. The summed E-state index contributed by atoms with van der Waals surface area (Å²) < 4.78 is 6.60. The van der Waals surface area contributed by atoms with Crippen molar-refractivity contribution in [1.82, 2.24) is 5.32 Å². The Balaban J connectivity index is 2.15. The first kappa shape index (κ1) is 14.9. The predicted molar refractivity (Wildman–Crippen MR) is 83.2 cm³/mol. The number of allylic oxidation sites excluding steroid dienone is 1. The summed E-state index contributed by atoms with van der Waals surface area (Å²) >= 11 is 3.41. The van der Waals surface area contributed by atoms with E-state index in [1.165, 1.54) is 44.1 Å². The Kier molecular flexibility index (Phi) is 6.18. The maximum atomic E-state index is 5.78. The highest BCUT2D eigenvalue weighted by Crippen LogP contribution is 2.31. The van der Waals surface area contributed by atoms with Gasteiger partial charge < -0.3 is 9.73 Å². The summed E-state index contributed by atoms with van der Waals surface area (Å²) in [4.78, 5) is 0. The molecule has 0 bridgehead atoms. The van der Waals surface area contributed by atoms with Gasteiger partial charge in [-0.1, -0.05) is 25.8 Å². The molecule has 1 aliphatic rings. The lowest BCUT2D eigenvalue weighted by Crippen LogP contribution is -2.24.